The summed E-state index contributed by atoms with van der Waals surface area (Å²) >= 11 is 0. The van der Waals surface area contributed by atoms with E-state index in [0.29, 0.717) is 11.5 Å². The van der Waals surface area contributed by atoms with Crippen LogP contribution in [0.4, 0.5) is 0 Å². The zero-order valence-corrected chi connectivity index (χ0v) is 13.6. The highest BCUT2D eigenvalue weighted by Gasteiger charge is 2.37. The molecule has 0 bridgehead atoms. The molecule has 1 saturated heterocycles. The summed E-state index contributed by atoms with van der Waals surface area (Å²) in [5.74, 6) is 0. The molecule has 1 rings (SSSR count). The van der Waals surface area contributed by atoms with E-state index in [-0.39, 0.29) is 5.60 Å². The van der Waals surface area contributed by atoms with Crippen LogP contribution in [0.2, 0.25) is 0 Å². The first-order valence-corrected chi connectivity index (χ1v) is 7.84. The average Bonchev–Trinajstić information content (AvgIpc) is 2.72. The molecule has 0 saturated carbocycles. The van der Waals surface area contributed by atoms with Gasteiger partial charge in [0.15, 0.2) is 0 Å². The molecule has 1 aliphatic rings. The summed E-state index contributed by atoms with van der Waals surface area (Å²) in [5, 5.41) is 3.54. The molecule has 1 aliphatic heterocycles. The molecule has 3 heteroatoms. The summed E-state index contributed by atoms with van der Waals surface area (Å²) in [6.45, 7) is 11.8. The molecule has 0 aromatic heterocycles. The highest BCUT2D eigenvalue weighted by molar-refractivity contribution is 4.88. The van der Waals surface area contributed by atoms with Gasteiger partial charge in [0.05, 0.1) is 18.3 Å². The van der Waals surface area contributed by atoms with Gasteiger partial charge < -0.3 is 14.8 Å². The molecule has 19 heavy (non-hydrogen) atoms. The number of rotatable bonds is 9. The molecule has 0 spiro atoms. The van der Waals surface area contributed by atoms with E-state index in [1.807, 2.05) is 0 Å². The van der Waals surface area contributed by atoms with E-state index >= 15 is 0 Å². The normalized spacial score (nSPS) is 22.9. The Kier molecular flexibility index (Phi) is 6.78. The van der Waals surface area contributed by atoms with Crippen LogP contribution >= 0.6 is 0 Å². The lowest BCUT2D eigenvalue weighted by molar-refractivity contribution is -0.0370. The molecular weight excluding hydrogens is 238 g/mol. The lowest BCUT2D eigenvalue weighted by atomic mass is 9.77. The fourth-order valence-electron chi connectivity index (χ4n) is 3.09. The first kappa shape index (κ1) is 16.9. The second-order valence-corrected chi connectivity index (χ2v) is 6.62. The van der Waals surface area contributed by atoms with E-state index in [2.05, 4.69) is 33.0 Å². The van der Waals surface area contributed by atoms with Gasteiger partial charge in [-0.25, -0.2) is 0 Å². The third-order valence-corrected chi connectivity index (χ3v) is 4.70. The van der Waals surface area contributed by atoms with Crippen LogP contribution in [-0.4, -0.2) is 38.5 Å². The molecule has 0 aromatic rings. The van der Waals surface area contributed by atoms with Crippen LogP contribution in [0.3, 0.4) is 0 Å². The van der Waals surface area contributed by atoms with Gasteiger partial charge in [-0.05, 0) is 51.4 Å². The minimum atomic E-state index is 0.0847. The van der Waals surface area contributed by atoms with Gasteiger partial charge in [0, 0.05) is 20.2 Å². The van der Waals surface area contributed by atoms with Crippen molar-refractivity contribution in [1.29, 1.82) is 0 Å². The quantitative estimate of drug-likeness (QED) is 0.652. The van der Waals surface area contributed by atoms with Crippen molar-refractivity contribution in [2.75, 3.05) is 26.8 Å². The maximum absolute atomic E-state index is 6.18. The number of nitrogens with one attached hydrogen (secondary N) is 1. The van der Waals surface area contributed by atoms with Gasteiger partial charge in [-0.1, -0.05) is 13.8 Å². The molecule has 3 nitrogen and oxygen atoms in total. The molecule has 0 amide bonds. The van der Waals surface area contributed by atoms with Gasteiger partial charge in [0.1, 0.15) is 0 Å². The van der Waals surface area contributed by atoms with Gasteiger partial charge in [-0.15, -0.1) is 0 Å². The Labute approximate surface area is 119 Å². The largest absolute Gasteiger partial charge is 0.383 e. The highest BCUT2D eigenvalue weighted by atomic mass is 16.5. The van der Waals surface area contributed by atoms with E-state index in [0.717, 1.165) is 19.7 Å². The van der Waals surface area contributed by atoms with Gasteiger partial charge >= 0.3 is 0 Å². The molecule has 114 valence electrons. The van der Waals surface area contributed by atoms with Crippen molar-refractivity contribution < 1.29 is 9.47 Å². The molecule has 1 heterocycles. The summed E-state index contributed by atoms with van der Waals surface area (Å²) in [6.07, 6.45) is 6.46. The predicted octanol–water partition coefficient (Wildman–Crippen LogP) is 3.38. The Bertz CT molecular complexity index is 249. The van der Waals surface area contributed by atoms with Gasteiger partial charge in [0.2, 0.25) is 0 Å². The molecule has 0 radical (unpaired) electrons. The molecule has 0 aliphatic carbocycles. The molecule has 0 aromatic carbocycles. The SMILES string of the molecule is CCC(CC)(CNCCOC)CC1CCC(C)(C)O1. The monoisotopic (exact) mass is 271 g/mol. The number of hydrogen-bond acceptors (Lipinski definition) is 3. The average molecular weight is 271 g/mol. The number of hydrogen-bond donors (Lipinski definition) is 1. The Balaban J connectivity index is 2.46. The van der Waals surface area contributed by atoms with Gasteiger partial charge in [0.25, 0.3) is 0 Å². The summed E-state index contributed by atoms with van der Waals surface area (Å²) in [4.78, 5) is 0. The van der Waals surface area contributed by atoms with E-state index in [1.165, 1.54) is 32.1 Å². The van der Waals surface area contributed by atoms with Crippen molar-refractivity contribution in [1.82, 2.24) is 5.32 Å². The van der Waals surface area contributed by atoms with Crippen molar-refractivity contribution in [3.8, 4) is 0 Å². The van der Waals surface area contributed by atoms with Crippen molar-refractivity contribution in [3.63, 3.8) is 0 Å². The van der Waals surface area contributed by atoms with Crippen LogP contribution in [0.5, 0.6) is 0 Å². The summed E-state index contributed by atoms with van der Waals surface area (Å²) in [5.41, 5.74) is 0.459. The maximum atomic E-state index is 6.18. The molecule has 1 unspecified atom stereocenters. The zero-order valence-electron chi connectivity index (χ0n) is 13.6. The minimum Gasteiger partial charge on any atom is -0.383 e. The van der Waals surface area contributed by atoms with Crippen LogP contribution in [-0.2, 0) is 9.47 Å². The van der Waals surface area contributed by atoms with Gasteiger partial charge in [-0.2, -0.15) is 0 Å². The summed E-state index contributed by atoms with van der Waals surface area (Å²) in [6, 6.07) is 0. The first-order valence-electron chi connectivity index (χ1n) is 7.84. The van der Waals surface area contributed by atoms with E-state index in [1.54, 1.807) is 7.11 Å². The molecule has 1 fully saturated rings. The lowest BCUT2D eigenvalue weighted by Gasteiger charge is -2.35. The van der Waals surface area contributed by atoms with Crippen LogP contribution in [0, 0.1) is 5.41 Å². The number of methoxy groups -OCH3 is 1. The number of ether oxygens (including phenoxy) is 2. The maximum Gasteiger partial charge on any atom is 0.0631 e. The first-order chi connectivity index (χ1) is 8.97. The van der Waals surface area contributed by atoms with Crippen LogP contribution in [0.15, 0.2) is 0 Å². The topological polar surface area (TPSA) is 30.5 Å². The second kappa shape index (κ2) is 7.61. The molecule has 1 atom stereocenters. The van der Waals surface area contributed by atoms with Gasteiger partial charge in [-0.3, -0.25) is 0 Å². The van der Waals surface area contributed by atoms with Crippen molar-refractivity contribution in [2.45, 2.75) is 71.5 Å². The van der Waals surface area contributed by atoms with Crippen LogP contribution < -0.4 is 5.32 Å². The van der Waals surface area contributed by atoms with E-state index in [4.69, 9.17) is 9.47 Å². The third-order valence-electron chi connectivity index (χ3n) is 4.70. The smallest absolute Gasteiger partial charge is 0.0631 e. The minimum absolute atomic E-state index is 0.0847. The lowest BCUT2D eigenvalue weighted by Crippen LogP contribution is -2.38. The van der Waals surface area contributed by atoms with Crippen LogP contribution in [0.25, 0.3) is 0 Å². The summed E-state index contributed by atoms with van der Waals surface area (Å²) < 4.78 is 11.3. The van der Waals surface area contributed by atoms with Crippen molar-refractivity contribution in [2.24, 2.45) is 5.41 Å². The Hall–Kier alpha value is -0.120. The van der Waals surface area contributed by atoms with E-state index in [9.17, 15) is 0 Å². The summed E-state index contributed by atoms with van der Waals surface area (Å²) in [7, 11) is 1.75. The zero-order chi connectivity index (χ0) is 14.4. The fourth-order valence-corrected chi connectivity index (χ4v) is 3.09. The fraction of sp³-hybridized carbons (Fsp3) is 1.00. The Morgan fingerprint density at radius 1 is 1.32 bits per heavy atom. The standard InChI is InChI=1S/C16H33NO2/c1-6-16(7-2,13-17-10-11-18-5)12-14-8-9-15(3,4)19-14/h14,17H,6-13H2,1-5H3. The second-order valence-electron chi connectivity index (χ2n) is 6.62. The van der Waals surface area contributed by atoms with Crippen molar-refractivity contribution in [3.05, 3.63) is 0 Å². The van der Waals surface area contributed by atoms with Crippen LogP contribution in [0.1, 0.15) is 59.8 Å². The van der Waals surface area contributed by atoms with Crippen molar-refractivity contribution >= 4 is 0 Å². The van der Waals surface area contributed by atoms with E-state index < -0.39 is 0 Å². The molecular formula is C16H33NO2. The Morgan fingerprint density at radius 3 is 2.47 bits per heavy atom. The highest BCUT2D eigenvalue weighted by Crippen LogP contribution is 2.39. The molecule has 1 N–H and O–H groups in total. The Morgan fingerprint density at radius 2 is 2.00 bits per heavy atom. The predicted molar refractivity (Wildman–Crippen MR) is 80.6 cm³/mol. The third kappa shape index (κ3) is 5.41.